The average molecular weight is 422 g/mol. The van der Waals surface area contributed by atoms with Crippen molar-refractivity contribution in [3.8, 4) is 0 Å². The fraction of sp³-hybridized carbons (Fsp3) is 0.263. The van der Waals surface area contributed by atoms with Crippen LogP contribution >= 0.6 is 0 Å². The van der Waals surface area contributed by atoms with E-state index in [1.807, 2.05) is 4.90 Å². The van der Waals surface area contributed by atoms with Crippen LogP contribution in [-0.2, 0) is 10.9 Å². The zero-order valence-electron chi connectivity index (χ0n) is 15.6. The third kappa shape index (κ3) is 5.11. The van der Waals surface area contributed by atoms with Gasteiger partial charge in [0.05, 0.1) is 29.9 Å². The molecule has 0 unspecified atom stereocenters. The predicted molar refractivity (Wildman–Crippen MR) is 103 cm³/mol. The summed E-state index contributed by atoms with van der Waals surface area (Å²) in [5.41, 5.74) is 1.64. The van der Waals surface area contributed by atoms with E-state index in [4.69, 9.17) is 4.74 Å². The first-order valence-corrected chi connectivity index (χ1v) is 8.87. The Hall–Kier alpha value is -3.47. The number of hydrazone groups is 1. The van der Waals surface area contributed by atoms with Crippen molar-refractivity contribution in [3.63, 3.8) is 0 Å². The van der Waals surface area contributed by atoms with Crippen LogP contribution < -0.4 is 10.3 Å². The number of nitro groups is 1. The number of halogens is 3. The molecule has 1 N–H and O–H groups in total. The van der Waals surface area contributed by atoms with E-state index < -0.39 is 22.6 Å². The second-order valence-electron chi connectivity index (χ2n) is 6.38. The van der Waals surface area contributed by atoms with Crippen LogP contribution in [0.5, 0.6) is 0 Å². The van der Waals surface area contributed by atoms with Gasteiger partial charge in [0.25, 0.3) is 11.6 Å². The van der Waals surface area contributed by atoms with Gasteiger partial charge in [-0.1, -0.05) is 12.1 Å². The zero-order valence-corrected chi connectivity index (χ0v) is 15.6. The van der Waals surface area contributed by atoms with Gasteiger partial charge in [0.15, 0.2) is 0 Å². The molecule has 1 heterocycles. The highest BCUT2D eigenvalue weighted by molar-refractivity contribution is 5.95. The summed E-state index contributed by atoms with van der Waals surface area (Å²) in [4.78, 5) is 24.8. The molecule has 1 aliphatic rings. The molecule has 0 saturated carbocycles. The van der Waals surface area contributed by atoms with Crippen molar-refractivity contribution >= 4 is 23.5 Å². The van der Waals surface area contributed by atoms with E-state index in [-0.39, 0.29) is 11.3 Å². The number of carbonyl (C=O) groups is 1. The molecule has 0 spiro atoms. The van der Waals surface area contributed by atoms with Gasteiger partial charge in [0.2, 0.25) is 0 Å². The first-order valence-electron chi connectivity index (χ1n) is 8.87. The van der Waals surface area contributed by atoms with E-state index in [2.05, 4.69) is 10.5 Å². The molecule has 11 heteroatoms. The average Bonchev–Trinajstić information content (AvgIpc) is 2.73. The van der Waals surface area contributed by atoms with Crippen LogP contribution in [0.1, 0.15) is 21.5 Å². The molecule has 1 fully saturated rings. The number of alkyl halides is 3. The first kappa shape index (κ1) is 21.2. The minimum Gasteiger partial charge on any atom is -0.378 e. The Balaban J connectivity index is 1.72. The molecule has 1 aliphatic heterocycles. The van der Waals surface area contributed by atoms with Crippen LogP contribution in [0.2, 0.25) is 0 Å². The number of nitro benzene ring substituents is 1. The molecule has 3 rings (SSSR count). The Kier molecular flexibility index (Phi) is 6.31. The number of morpholine rings is 1. The normalized spacial score (nSPS) is 14.7. The van der Waals surface area contributed by atoms with Gasteiger partial charge in [-0.3, -0.25) is 14.9 Å². The molecule has 0 aliphatic carbocycles. The molecular formula is C19H17F3N4O4. The monoisotopic (exact) mass is 422 g/mol. The fourth-order valence-electron chi connectivity index (χ4n) is 2.91. The minimum atomic E-state index is -4.57. The Morgan fingerprint density at radius 1 is 1.20 bits per heavy atom. The van der Waals surface area contributed by atoms with Gasteiger partial charge in [-0.2, -0.15) is 18.3 Å². The summed E-state index contributed by atoms with van der Waals surface area (Å²) < 4.78 is 43.5. The summed E-state index contributed by atoms with van der Waals surface area (Å²) in [6.07, 6.45) is -3.39. The second-order valence-corrected chi connectivity index (χ2v) is 6.38. The smallest absolute Gasteiger partial charge is 0.378 e. The van der Waals surface area contributed by atoms with Crippen LogP contribution in [0.4, 0.5) is 24.5 Å². The molecule has 30 heavy (non-hydrogen) atoms. The van der Waals surface area contributed by atoms with E-state index in [9.17, 15) is 28.1 Å². The third-order valence-corrected chi connectivity index (χ3v) is 4.38. The van der Waals surface area contributed by atoms with Crippen molar-refractivity contribution in [3.05, 3.63) is 69.3 Å². The minimum absolute atomic E-state index is 0.120. The van der Waals surface area contributed by atoms with Crippen LogP contribution in [-0.4, -0.2) is 43.3 Å². The van der Waals surface area contributed by atoms with Gasteiger partial charge in [0, 0.05) is 30.3 Å². The van der Waals surface area contributed by atoms with Gasteiger partial charge in [0.1, 0.15) is 5.69 Å². The number of carbonyl (C=O) groups excluding carboxylic acids is 1. The highest BCUT2D eigenvalue weighted by Crippen LogP contribution is 2.30. The maximum absolute atomic E-state index is 12.7. The first-order chi connectivity index (χ1) is 14.3. The molecule has 0 atom stereocenters. The summed E-state index contributed by atoms with van der Waals surface area (Å²) in [6, 6.07) is 8.40. The number of amides is 1. The topological polar surface area (TPSA) is 97.1 Å². The highest BCUT2D eigenvalue weighted by atomic mass is 19.4. The number of benzene rings is 2. The molecule has 0 aromatic heterocycles. The van der Waals surface area contributed by atoms with Gasteiger partial charge in [-0.05, 0) is 24.3 Å². The quantitative estimate of drug-likeness (QED) is 0.453. The Morgan fingerprint density at radius 2 is 1.93 bits per heavy atom. The maximum Gasteiger partial charge on any atom is 0.416 e. The van der Waals surface area contributed by atoms with Crippen LogP contribution in [0.15, 0.2) is 47.6 Å². The van der Waals surface area contributed by atoms with Crippen LogP contribution in [0, 0.1) is 10.1 Å². The maximum atomic E-state index is 12.7. The largest absolute Gasteiger partial charge is 0.416 e. The lowest BCUT2D eigenvalue weighted by molar-refractivity contribution is -0.384. The Morgan fingerprint density at radius 3 is 2.60 bits per heavy atom. The molecule has 158 valence electrons. The molecule has 8 nitrogen and oxygen atoms in total. The molecule has 2 aromatic rings. The van der Waals surface area contributed by atoms with Gasteiger partial charge in [-0.25, -0.2) is 5.43 Å². The number of nitrogens with zero attached hydrogens (tertiary/aromatic N) is 3. The van der Waals surface area contributed by atoms with E-state index in [0.29, 0.717) is 43.6 Å². The van der Waals surface area contributed by atoms with E-state index in [1.54, 1.807) is 12.1 Å². The number of nitrogens with one attached hydrogen (secondary N) is 1. The van der Waals surface area contributed by atoms with Crippen LogP contribution in [0.25, 0.3) is 0 Å². The number of hydrogen-bond acceptors (Lipinski definition) is 6. The summed E-state index contributed by atoms with van der Waals surface area (Å²) in [5.74, 6) is -0.836. The van der Waals surface area contributed by atoms with Gasteiger partial charge < -0.3 is 9.64 Å². The lowest BCUT2D eigenvalue weighted by Gasteiger charge is -2.28. The summed E-state index contributed by atoms with van der Waals surface area (Å²) >= 11 is 0. The zero-order chi connectivity index (χ0) is 21.7. The molecule has 0 radical (unpaired) electrons. The van der Waals surface area contributed by atoms with Crippen LogP contribution in [0.3, 0.4) is 0 Å². The molecular weight excluding hydrogens is 405 g/mol. The molecule has 0 bridgehead atoms. The van der Waals surface area contributed by atoms with Crippen molar-refractivity contribution in [1.29, 1.82) is 0 Å². The van der Waals surface area contributed by atoms with Crippen molar-refractivity contribution in [2.75, 3.05) is 31.2 Å². The van der Waals surface area contributed by atoms with Crippen molar-refractivity contribution in [2.45, 2.75) is 6.18 Å². The third-order valence-electron chi connectivity index (χ3n) is 4.38. The molecule has 2 aromatic carbocycles. The lowest BCUT2D eigenvalue weighted by Crippen LogP contribution is -2.36. The number of rotatable bonds is 5. The SMILES string of the molecule is O=C(N/N=C\c1ccc(N2CCOCC2)c([N+](=O)[O-])c1)c1cccc(C(F)(F)F)c1. The number of ether oxygens (including phenoxy) is 1. The number of anilines is 1. The molecule has 1 amide bonds. The summed E-state index contributed by atoms with van der Waals surface area (Å²) in [6.45, 7) is 2.01. The van der Waals surface area contributed by atoms with Crippen molar-refractivity contribution in [1.82, 2.24) is 5.43 Å². The highest BCUT2D eigenvalue weighted by Gasteiger charge is 2.30. The van der Waals surface area contributed by atoms with Crippen molar-refractivity contribution < 1.29 is 27.6 Å². The standard InChI is InChI=1S/C19H17F3N4O4/c20-19(21,22)15-3-1-2-14(11-15)18(27)24-23-12-13-4-5-16(17(10-13)26(28)29)25-6-8-30-9-7-25/h1-5,10-12H,6-9H2,(H,24,27)/b23-12-. The molecule has 1 saturated heterocycles. The summed E-state index contributed by atoms with van der Waals surface area (Å²) in [7, 11) is 0. The lowest BCUT2D eigenvalue weighted by atomic mass is 10.1. The fourth-order valence-corrected chi connectivity index (χ4v) is 2.91. The second kappa shape index (κ2) is 8.91. The van der Waals surface area contributed by atoms with Crippen molar-refractivity contribution in [2.24, 2.45) is 5.10 Å². The van der Waals surface area contributed by atoms with E-state index in [0.717, 1.165) is 12.1 Å². The van der Waals surface area contributed by atoms with Gasteiger partial charge in [-0.15, -0.1) is 0 Å². The Bertz CT molecular complexity index is 972. The number of hydrogen-bond donors (Lipinski definition) is 1. The van der Waals surface area contributed by atoms with E-state index >= 15 is 0 Å². The predicted octanol–water partition coefficient (Wildman–Crippen LogP) is 3.21. The van der Waals surface area contributed by atoms with Gasteiger partial charge >= 0.3 is 6.18 Å². The Labute approximate surface area is 169 Å². The summed E-state index contributed by atoms with van der Waals surface area (Å²) in [5, 5.41) is 15.1. The van der Waals surface area contributed by atoms with E-state index in [1.165, 1.54) is 18.3 Å².